The SMILES string of the molecule is CNC(=O)c1ccc(OC)c(NS(=O)(=O)c2ccc3ncccc3c2)c1. The maximum Gasteiger partial charge on any atom is 0.262 e. The maximum absolute atomic E-state index is 12.8. The number of carbonyl (C=O) groups is 1. The highest BCUT2D eigenvalue weighted by atomic mass is 32.2. The molecule has 0 radical (unpaired) electrons. The molecule has 0 saturated heterocycles. The summed E-state index contributed by atoms with van der Waals surface area (Å²) in [5.74, 6) is -0.0198. The number of ether oxygens (including phenoxy) is 1. The van der Waals surface area contributed by atoms with Gasteiger partial charge in [-0.15, -0.1) is 0 Å². The number of sulfonamides is 1. The first-order valence-electron chi connectivity index (χ1n) is 7.72. The highest BCUT2D eigenvalue weighted by Gasteiger charge is 2.18. The second-order valence-electron chi connectivity index (χ2n) is 5.46. The van der Waals surface area contributed by atoms with Gasteiger partial charge in [-0.1, -0.05) is 6.07 Å². The molecular weight excluding hydrogens is 354 g/mol. The normalized spacial score (nSPS) is 11.2. The summed E-state index contributed by atoms with van der Waals surface area (Å²) < 4.78 is 33.2. The molecule has 0 bridgehead atoms. The Kier molecular flexibility index (Phi) is 4.77. The summed E-state index contributed by atoms with van der Waals surface area (Å²) in [6.45, 7) is 0. The molecule has 0 spiro atoms. The van der Waals surface area contributed by atoms with E-state index in [1.807, 2.05) is 0 Å². The zero-order valence-electron chi connectivity index (χ0n) is 14.2. The molecule has 3 aromatic rings. The van der Waals surface area contributed by atoms with E-state index in [1.165, 1.54) is 32.4 Å². The predicted octanol–water partition coefficient (Wildman–Crippen LogP) is 2.40. The van der Waals surface area contributed by atoms with Gasteiger partial charge in [0.15, 0.2) is 0 Å². The summed E-state index contributed by atoms with van der Waals surface area (Å²) in [6, 6.07) is 12.7. The number of benzene rings is 2. The molecule has 0 aliphatic carbocycles. The molecule has 0 atom stereocenters. The molecule has 0 fully saturated rings. The van der Waals surface area contributed by atoms with Gasteiger partial charge >= 0.3 is 0 Å². The lowest BCUT2D eigenvalue weighted by Gasteiger charge is -2.13. The standard InChI is InChI=1S/C18H17N3O4S/c1-19-18(22)13-5-8-17(25-2)16(11-13)21-26(23,24)14-6-7-15-12(10-14)4-3-9-20-15/h3-11,21H,1-2H3,(H,19,22). The van der Waals surface area contributed by atoms with Crippen molar-refractivity contribution in [2.45, 2.75) is 4.90 Å². The number of hydrogen-bond acceptors (Lipinski definition) is 5. The monoisotopic (exact) mass is 371 g/mol. The van der Waals surface area contributed by atoms with Gasteiger partial charge < -0.3 is 10.1 Å². The van der Waals surface area contributed by atoms with Crippen LogP contribution in [0.2, 0.25) is 0 Å². The molecule has 3 rings (SSSR count). The van der Waals surface area contributed by atoms with Gasteiger partial charge in [-0.3, -0.25) is 14.5 Å². The van der Waals surface area contributed by atoms with Crippen LogP contribution in [0.4, 0.5) is 5.69 Å². The summed E-state index contributed by atoms with van der Waals surface area (Å²) in [6.07, 6.45) is 1.64. The van der Waals surface area contributed by atoms with Crippen molar-refractivity contribution in [1.29, 1.82) is 0 Å². The molecule has 134 valence electrons. The summed E-state index contributed by atoms with van der Waals surface area (Å²) in [7, 11) is -0.952. The van der Waals surface area contributed by atoms with Crippen molar-refractivity contribution in [2.75, 3.05) is 18.9 Å². The Morgan fingerprint density at radius 1 is 1.12 bits per heavy atom. The number of nitrogens with one attached hydrogen (secondary N) is 2. The van der Waals surface area contributed by atoms with Crippen molar-refractivity contribution >= 4 is 32.5 Å². The van der Waals surface area contributed by atoms with Gasteiger partial charge in [-0.25, -0.2) is 8.42 Å². The number of anilines is 1. The number of fused-ring (bicyclic) bond motifs is 1. The van der Waals surface area contributed by atoms with E-state index in [-0.39, 0.29) is 16.5 Å². The van der Waals surface area contributed by atoms with Gasteiger partial charge in [0.2, 0.25) is 0 Å². The summed E-state index contributed by atoms with van der Waals surface area (Å²) in [5, 5.41) is 3.21. The van der Waals surface area contributed by atoms with Crippen LogP contribution in [-0.4, -0.2) is 33.5 Å². The lowest BCUT2D eigenvalue weighted by molar-refractivity contribution is 0.0963. The molecule has 2 aromatic carbocycles. The minimum atomic E-state index is -3.88. The van der Waals surface area contributed by atoms with Crippen LogP contribution in [0, 0.1) is 0 Å². The van der Waals surface area contributed by atoms with E-state index in [0.717, 1.165) is 0 Å². The van der Waals surface area contributed by atoms with Crippen LogP contribution in [0.1, 0.15) is 10.4 Å². The van der Waals surface area contributed by atoms with Crippen molar-refractivity contribution in [2.24, 2.45) is 0 Å². The molecule has 0 aliphatic heterocycles. The second kappa shape index (κ2) is 7.01. The third kappa shape index (κ3) is 3.45. The van der Waals surface area contributed by atoms with Gasteiger partial charge in [-0.2, -0.15) is 0 Å². The van der Waals surface area contributed by atoms with E-state index >= 15 is 0 Å². The maximum atomic E-state index is 12.8. The minimum absolute atomic E-state index is 0.0883. The van der Waals surface area contributed by atoms with Crippen LogP contribution in [0.25, 0.3) is 10.9 Å². The molecule has 0 saturated carbocycles. The van der Waals surface area contributed by atoms with E-state index in [9.17, 15) is 13.2 Å². The molecule has 2 N–H and O–H groups in total. The molecule has 1 amide bonds. The van der Waals surface area contributed by atoms with Crippen LogP contribution in [0.15, 0.2) is 59.6 Å². The van der Waals surface area contributed by atoms with Crippen molar-refractivity contribution < 1.29 is 17.9 Å². The van der Waals surface area contributed by atoms with Crippen LogP contribution in [0.3, 0.4) is 0 Å². The number of hydrogen-bond donors (Lipinski definition) is 2. The Bertz CT molecular complexity index is 1080. The quantitative estimate of drug-likeness (QED) is 0.718. The zero-order valence-corrected chi connectivity index (χ0v) is 15.0. The van der Waals surface area contributed by atoms with Gasteiger partial charge in [0.05, 0.1) is 23.2 Å². The third-order valence-corrected chi connectivity index (χ3v) is 5.18. The lowest BCUT2D eigenvalue weighted by Crippen LogP contribution is -2.19. The van der Waals surface area contributed by atoms with E-state index in [1.54, 1.807) is 36.5 Å². The van der Waals surface area contributed by atoms with Gasteiger partial charge in [-0.05, 0) is 42.5 Å². The smallest absolute Gasteiger partial charge is 0.262 e. The van der Waals surface area contributed by atoms with Gasteiger partial charge in [0.25, 0.3) is 15.9 Å². The first-order valence-corrected chi connectivity index (χ1v) is 9.20. The van der Waals surface area contributed by atoms with Crippen LogP contribution < -0.4 is 14.8 Å². The van der Waals surface area contributed by atoms with Gasteiger partial charge in [0.1, 0.15) is 5.75 Å². The Morgan fingerprint density at radius 2 is 1.92 bits per heavy atom. The number of carbonyl (C=O) groups excluding carboxylic acids is 1. The molecule has 0 unspecified atom stereocenters. The Hall–Kier alpha value is -3.13. The predicted molar refractivity (Wildman–Crippen MR) is 98.9 cm³/mol. The average Bonchev–Trinajstić information content (AvgIpc) is 2.66. The fraction of sp³-hybridized carbons (Fsp3) is 0.111. The van der Waals surface area contributed by atoms with Crippen molar-refractivity contribution in [3.63, 3.8) is 0 Å². The van der Waals surface area contributed by atoms with Gasteiger partial charge in [0, 0.05) is 24.2 Å². The van der Waals surface area contributed by atoms with E-state index in [0.29, 0.717) is 22.2 Å². The van der Waals surface area contributed by atoms with E-state index in [4.69, 9.17) is 4.74 Å². The second-order valence-corrected chi connectivity index (χ2v) is 7.14. The number of aromatic nitrogens is 1. The number of amides is 1. The summed E-state index contributed by atoms with van der Waals surface area (Å²) in [5.41, 5.74) is 1.19. The largest absolute Gasteiger partial charge is 0.495 e. The average molecular weight is 371 g/mol. The molecular formula is C18H17N3O4S. The molecule has 1 aromatic heterocycles. The zero-order chi connectivity index (χ0) is 18.7. The Labute approximate surface area is 151 Å². The fourth-order valence-electron chi connectivity index (χ4n) is 2.50. The molecule has 0 aliphatic rings. The van der Waals surface area contributed by atoms with Crippen molar-refractivity contribution in [1.82, 2.24) is 10.3 Å². The lowest BCUT2D eigenvalue weighted by atomic mass is 10.2. The molecule has 8 heteroatoms. The number of methoxy groups -OCH3 is 1. The molecule has 7 nitrogen and oxygen atoms in total. The van der Waals surface area contributed by atoms with Crippen LogP contribution in [-0.2, 0) is 10.0 Å². The first-order chi connectivity index (χ1) is 12.4. The number of nitrogens with zero attached hydrogens (tertiary/aromatic N) is 1. The van der Waals surface area contributed by atoms with E-state index in [2.05, 4.69) is 15.0 Å². The molecule has 26 heavy (non-hydrogen) atoms. The van der Waals surface area contributed by atoms with Crippen molar-refractivity contribution in [3.05, 3.63) is 60.3 Å². The van der Waals surface area contributed by atoms with Crippen molar-refractivity contribution in [3.8, 4) is 5.75 Å². The number of pyridine rings is 1. The van der Waals surface area contributed by atoms with E-state index < -0.39 is 10.0 Å². The summed E-state index contributed by atoms with van der Waals surface area (Å²) in [4.78, 5) is 16.1. The number of rotatable bonds is 5. The highest BCUT2D eigenvalue weighted by molar-refractivity contribution is 7.92. The van der Waals surface area contributed by atoms with Crippen LogP contribution >= 0.6 is 0 Å². The topological polar surface area (TPSA) is 97.4 Å². The summed E-state index contributed by atoms with van der Waals surface area (Å²) >= 11 is 0. The first kappa shape index (κ1) is 17.7. The molecule has 1 heterocycles. The third-order valence-electron chi connectivity index (χ3n) is 3.82. The fourth-order valence-corrected chi connectivity index (χ4v) is 3.59. The Morgan fingerprint density at radius 3 is 2.65 bits per heavy atom. The highest BCUT2D eigenvalue weighted by Crippen LogP contribution is 2.28. The Balaban J connectivity index is 2.01. The minimum Gasteiger partial charge on any atom is -0.495 e. The van der Waals surface area contributed by atoms with Crippen LogP contribution in [0.5, 0.6) is 5.75 Å².